The van der Waals surface area contributed by atoms with Crippen LogP contribution in [0.3, 0.4) is 0 Å². The summed E-state index contributed by atoms with van der Waals surface area (Å²) in [5.74, 6) is 0. The molecule has 2 unspecified atom stereocenters. The van der Waals surface area contributed by atoms with Crippen LogP contribution in [0.5, 0.6) is 0 Å². The van der Waals surface area contributed by atoms with E-state index in [4.69, 9.17) is 4.74 Å². The number of hydrogen-bond donors (Lipinski definition) is 1. The largest absolute Gasteiger partial charge is 0.416 e. The van der Waals surface area contributed by atoms with E-state index < -0.39 is 11.7 Å². The van der Waals surface area contributed by atoms with Gasteiger partial charge in [-0.1, -0.05) is 18.2 Å². The van der Waals surface area contributed by atoms with Crippen LogP contribution in [0.1, 0.15) is 23.6 Å². The van der Waals surface area contributed by atoms with Crippen molar-refractivity contribution in [1.29, 1.82) is 0 Å². The molecule has 94 valence electrons. The van der Waals surface area contributed by atoms with Crippen LogP contribution >= 0.6 is 0 Å². The second kappa shape index (κ2) is 4.66. The molecular formula is C12H14F3NO. The number of ether oxygens (including phenoxy) is 1. The molecule has 1 aliphatic heterocycles. The minimum absolute atomic E-state index is 0.196. The van der Waals surface area contributed by atoms with Gasteiger partial charge in [-0.15, -0.1) is 0 Å². The summed E-state index contributed by atoms with van der Waals surface area (Å²) >= 11 is 0. The Bertz CT molecular complexity index is 392. The van der Waals surface area contributed by atoms with E-state index in [1.807, 2.05) is 0 Å². The highest BCUT2D eigenvalue weighted by molar-refractivity contribution is 5.33. The number of methoxy groups -OCH3 is 1. The topological polar surface area (TPSA) is 21.3 Å². The van der Waals surface area contributed by atoms with Crippen LogP contribution in [-0.2, 0) is 10.9 Å². The number of alkyl halides is 3. The Hall–Kier alpha value is -1.07. The van der Waals surface area contributed by atoms with Crippen molar-refractivity contribution in [2.45, 2.75) is 24.7 Å². The zero-order valence-corrected chi connectivity index (χ0v) is 9.42. The molecule has 0 radical (unpaired) electrons. The SMILES string of the molecule is COC1CCNC1c1ccccc1C(F)(F)F. The van der Waals surface area contributed by atoms with Crippen LogP contribution in [0.15, 0.2) is 24.3 Å². The van der Waals surface area contributed by atoms with E-state index in [1.54, 1.807) is 6.07 Å². The molecular weight excluding hydrogens is 231 g/mol. The molecule has 0 bridgehead atoms. The van der Waals surface area contributed by atoms with Crippen molar-refractivity contribution in [2.75, 3.05) is 13.7 Å². The third kappa shape index (κ3) is 2.45. The standard InChI is InChI=1S/C12H14F3NO/c1-17-10-6-7-16-11(10)8-4-2-3-5-9(8)12(13,14)15/h2-5,10-11,16H,6-7H2,1H3. The summed E-state index contributed by atoms with van der Waals surface area (Å²) in [6, 6.07) is 5.28. The fourth-order valence-electron chi connectivity index (χ4n) is 2.27. The number of rotatable bonds is 2. The summed E-state index contributed by atoms with van der Waals surface area (Å²) in [5, 5.41) is 3.06. The smallest absolute Gasteiger partial charge is 0.379 e. The van der Waals surface area contributed by atoms with Crippen LogP contribution in [0.25, 0.3) is 0 Å². The average molecular weight is 245 g/mol. The molecule has 1 N–H and O–H groups in total. The second-order valence-electron chi connectivity index (χ2n) is 4.08. The van der Waals surface area contributed by atoms with Gasteiger partial charge in [0.1, 0.15) is 0 Å². The average Bonchev–Trinajstić information content (AvgIpc) is 2.75. The Balaban J connectivity index is 2.38. The maximum absolute atomic E-state index is 12.9. The van der Waals surface area contributed by atoms with Crippen LogP contribution in [0, 0.1) is 0 Å². The van der Waals surface area contributed by atoms with Crippen molar-refractivity contribution >= 4 is 0 Å². The summed E-state index contributed by atoms with van der Waals surface area (Å²) in [6.07, 6.45) is -3.79. The summed E-state index contributed by atoms with van der Waals surface area (Å²) in [4.78, 5) is 0. The van der Waals surface area contributed by atoms with Crippen molar-refractivity contribution in [1.82, 2.24) is 5.32 Å². The van der Waals surface area contributed by atoms with Crippen molar-refractivity contribution < 1.29 is 17.9 Å². The first kappa shape index (κ1) is 12.4. The predicted molar refractivity (Wildman–Crippen MR) is 57.6 cm³/mol. The minimum atomic E-state index is -4.32. The molecule has 2 nitrogen and oxygen atoms in total. The van der Waals surface area contributed by atoms with Gasteiger partial charge in [0.15, 0.2) is 0 Å². The molecule has 5 heteroatoms. The highest BCUT2D eigenvalue weighted by atomic mass is 19.4. The molecule has 0 spiro atoms. The fourth-order valence-corrected chi connectivity index (χ4v) is 2.27. The van der Waals surface area contributed by atoms with E-state index in [1.165, 1.54) is 19.2 Å². The van der Waals surface area contributed by atoms with Gasteiger partial charge in [0.05, 0.1) is 17.7 Å². The monoisotopic (exact) mass is 245 g/mol. The van der Waals surface area contributed by atoms with Crippen molar-refractivity contribution in [3.63, 3.8) is 0 Å². The van der Waals surface area contributed by atoms with Crippen LogP contribution in [-0.4, -0.2) is 19.8 Å². The lowest BCUT2D eigenvalue weighted by Gasteiger charge is -2.22. The van der Waals surface area contributed by atoms with Crippen LogP contribution in [0.4, 0.5) is 13.2 Å². The van der Waals surface area contributed by atoms with Gasteiger partial charge >= 0.3 is 6.18 Å². The Morgan fingerprint density at radius 2 is 2.00 bits per heavy atom. The van der Waals surface area contributed by atoms with E-state index >= 15 is 0 Å². The van der Waals surface area contributed by atoms with Gasteiger partial charge in [0.2, 0.25) is 0 Å². The van der Waals surface area contributed by atoms with Gasteiger partial charge < -0.3 is 10.1 Å². The molecule has 0 aliphatic carbocycles. The summed E-state index contributed by atoms with van der Waals surface area (Å²) in [6.45, 7) is 0.676. The van der Waals surface area contributed by atoms with Crippen molar-refractivity contribution in [2.24, 2.45) is 0 Å². The van der Waals surface area contributed by atoms with Crippen molar-refractivity contribution in [3.8, 4) is 0 Å². The second-order valence-corrected chi connectivity index (χ2v) is 4.08. The molecule has 1 aromatic rings. The molecule has 1 heterocycles. The first-order valence-electron chi connectivity index (χ1n) is 5.46. The maximum Gasteiger partial charge on any atom is 0.416 e. The molecule has 1 saturated heterocycles. The lowest BCUT2D eigenvalue weighted by atomic mass is 9.97. The van der Waals surface area contributed by atoms with Gasteiger partial charge in [-0.05, 0) is 24.6 Å². The molecule has 2 atom stereocenters. The van der Waals surface area contributed by atoms with Crippen molar-refractivity contribution in [3.05, 3.63) is 35.4 Å². The maximum atomic E-state index is 12.9. The predicted octanol–water partition coefficient (Wildman–Crippen LogP) is 2.75. The van der Waals surface area contributed by atoms with E-state index in [-0.39, 0.29) is 17.7 Å². The zero-order valence-electron chi connectivity index (χ0n) is 9.42. The first-order chi connectivity index (χ1) is 8.04. The number of nitrogens with one attached hydrogen (secondary N) is 1. The Morgan fingerprint density at radius 3 is 2.65 bits per heavy atom. The zero-order chi connectivity index (χ0) is 12.5. The number of hydrogen-bond acceptors (Lipinski definition) is 2. The van der Waals surface area contributed by atoms with Gasteiger partial charge in [-0.2, -0.15) is 13.2 Å². The van der Waals surface area contributed by atoms with Crippen LogP contribution in [0.2, 0.25) is 0 Å². The number of halogens is 3. The Morgan fingerprint density at radius 1 is 1.29 bits per heavy atom. The third-order valence-electron chi connectivity index (χ3n) is 3.07. The molecule has 2 rings (SSSR count). The van der Waals surface area contributed by atoms with Gasteiger partial charge in [0, 0.05) is 7.11 Å². The third-order valence-corrected chi connectivity index (χ3v) is 3.07. The Kier molecular flexibility index (Phi) is 3.40. The van der Waals surface area contributed by atoms with E-state index in [9.17, 15) is 13.2 Å². The first-order valence-corrected chi connectivity index (χ1v) is 5.46. The fraction of sp³-hybridized carbons (Fsp3) is 0.500. The molecule has 17 heavy (non-hydrogen) atoms. The summed E-state index contributed by atoms with van der Waals surface area (Å²) < 4.78 is 43.8. The van der Waals surface area contributed by atoms with Gasteiger partial charge in [0.25, 0.3) is 0 Å². The highest BCUT2D eigenvalue weighted by Gasteiger charge is 2.38. The van der Waals surface area contributed by atoms with E-state index in [0.717, 1.165) is 12.5 Å². The van der Waals surface area contributed by atoms with Crippen LogP contribution < -0.4 is 5.32 Å². The normalized spacial score (nSPS) is 25.2. The minimum Gasteiger partial charge on any atom is -0.379 e. The van der Waals surface area contributed by atoms with Gasteiger partial charge in [-0.3, -0.25) is 0 Å². The summed E-state index contributed by atoms with van der Waals surface area (Å²) in [7, 11) is 1.53. The molecule has 1 aromatic carbocycles. The molecule has 0 aromatic heterocycles. The Labute approximate surface area is 97.8 Å². The number of benzene rings is 1. The lowest BCUT2D eigenvalue weighted by molar-refractivity contribution is -0.138. The molecule has 1 fully saturated rings. The van der Waals surface area contributed by atoms with Gasteiger partial charge in [-0.25, -0.2) is 0 Å². The van der Waals surface area contributed by atoms with E-state index in [0.29, 0.717) is 6.54 Å². The highest BCUT2D eigenvalue weighted by Crippen LogP contribution is 2.37. The quantitative estimate of drug-likeness (QED) is 0.865. The lowest BCUT2D eigenvalue weighted by Crippen LogP contribution is -2.25. The summed E-state index contributed by atoms with van der Waals surface area (Å²) in [5.41, 5.74) is -0.314. The van der Waals surface area contributed by atoms with E-state index in [2.05, 4.69) is 5.32 Å². The molecule has 1 aliphatic rings. The molecule has 0 amide bonds. The molecule has 0 saturated carbocycles.